The SMILES string of the molecule is CCC(C)(C)c1ccc2c(c1)C(=O)NC2. The predicted octanol–water partition coefficient (Wildman–Crippen LogP) is 2.62. The molecule has 2 rings (SSSR count). The summed E-state index contributed by atoms with van der Waals surface area (Å²) in [7, 11) is 0. The van der Waals surface area contributed by atoms with E-state index in [-0.39, 0.29) is 11.3 Å². The van der Waals surface area contributed by atoms with E-state index in [2.05, 4.69) is 38.2 Å². The normalized spacial score (nSPS) is 15.0. The van der Waals surface area contributed by atoms with Crippen molar-refractivity contribution < 1.29 is 4.79 Å². The van der Waals surface area contributed by atoms with E-state index in [0.717, 1.165) is 17.5 Å². The Morgan fingerprint density at radius 1 is 1.40 bits per heavy atom. The van der Waals surface area contributed by atoms with E-state index in [1.165, 1.54) is 5.56 Å². The predicted molar refractivity (Wildman–Crippen MR) is 60.9 cm³/mol. The summed E-state index contributed by atoms with van der Waals surface area (Å²) in [5, 5.41) is 2.84. The molecule has 1 aromatic carbocycles. The Morgan fingerprint density at radius 3 is 2.80 bits per heavy atom. The van der Waals surface area contributed by atoms with Gasteiger partial charge in [-0.25, -0.2) is 0 Å². The van der Waals surface area contributed by atoms with Crippen LogP contribution in [0.4, 0.5) is 0 Å². The molecule has 0 spiro atoms. The average Bonchev–Trinajstić information content (AvgIpc) is 2.60. The van der Waals surface area contributed by atoms with E-state index in [1.54, 1.807) is 0 Å². The molecule has 0 aromatic heterocycles. The van der Waals surface area contributed by atoms with Crippen LogP contribution in [0.5, 0.6) is 0 Å². The number of amides is 1. The molecule has 0 radical (unpaired) electrons. The second-order valence-electron chi connectivity index (χ2n) is 4.79. The zero-order valence-electron chi connectivity index (χ0n) is 9.55. The van der Waals surface area contributed by atoms with Gasteiger partial charge < -0.3 is 5.32 Å². The number of carbonyl (C=O) groups excluding carboxylic acids is 1. The molecule has 0 atom stereocenters. The van der Waals surface area contributed by atoms with Crippen LogP contribution >= 0.6 is 0 Å². The number of rotatable bonds is 2. The number of carbonyl (C=O) groups is 1. The first kappa shape index (κ1) is 10.2. The van der Waals surface area contributed by atoms with E-state index in [1.807, 2.05) is 6.07 Å². The largest absolute Gasteiger partial charge is 0.348 e. The fourth-order valence-corrected chi connectivity index (χ4v) is 1.84. The Hall–Kier alpha value is -1.31. The average molecular weight is 203 g/mol. The molecule has 0 saturated heterocycles. The highest BCUT2D eigenvalue weighted by Crippen LogP contribution is 2.29. The van der Waals surface area contributed by atoms with Crippen molar-refractivity contribution in [2.75, 3.05) is 0 Å². The summed E-state index contributed by atoms with van der Waals surface area (Å²) >= 11 is 0. The lowest BCUT2D eigenvalue weighted by molar-refractivity contribution is 0.0965. The number of hydrogen-bond acceptors (Lipinski definition) is 1. The van der Waals surface area contributed by atoms with Crippen LogP contribution in [0.2, 0.25) is 0 Å². The third kappa shape index (κ3) is 1.65. The number of benzene rings is 1. The van der Waals surface area contributed by atoms with Gasteiger partial charge in [-0.15, -0.1) is 0 Å². The molecule has 2 heteroatoms. The molecule has 2 nitrogen and oxygen atoms in total. The van der Waals surface area contributed by atoms with Crippen molar-refractivity contribution in [1.29, 1.82) is 0 Å². The first-order valence-corrected chi connectivity index (χ1v) is 5.46. The van der Waals surface area contributed by atoms with Crippen molar-refractivity contribution in [3.8, 4) is 0 Å². The van der Waals surface area contributed by atoms with Crippen molar-refractivity contribution in [1.82, 2.24) is 5.32 Å². The first-order valence-electron chi connectivity index (χ1n) is 5.46. The van der Waals surface area contributed by atoms with Crippen LogP contribution in [0.3, 0.4) is 0 Å². The minimum Gasteiger partial charge on any atom is -0.348 e. The topological polar surface area (TPSA) is 29.1 Å². The van der Waals surface area contributed by atoms with E-state index in [9.17, 15) is 4.79 Å². The zero-order valence-corrected chi connectivity index (χ0v) is 9.55. The fraction of sp³-hybridized carbons (Fsp3) is 0.462. The van der Waals surface area contributed by atoms with Gasteiger partial charge >= 0.3 is 0 Å². The molecule has 0 fully saturated rings. The second kappa shape index (κ2) is 3.37. The number of hydrogen-bond donors (Lipinski definition) is 1. The Kier molecular flexibility index (Phi) is 2.29. The molecule has 0 unspecified atom stereocenters. The lowest BCUT2D eigenvalue weighted by atomic mass is 9.81. The first-order chi connectivity index (χ1) is 7.04. The Balaban J connectivity index is 2.46. The molecule has 0 bridgehead atoms. The Morgan fingerprint density at radius 2 is 2.13 bits per heavy atom. The lowest BCUT2D eigenvalue weighted by Crippen LogP contribution is -2.17. The van der Waals surface area contributed by atoms with Gasteiger partial charge in [-0.1, -0.05) is 32.9 Å². The molecule has 1 N–H and O–H groups in total. The highest BCUT2D eigenvalue weighted by atomic mass is 16.1. The molecule has 80 valence electrons. The van der Waals surface area contributed by atoms with Crippen LogP contribution in [-0.2, 0) is 12.0 Å². The van der Waals surface area contributed by atoms with Crippen LogP contribution in [0.25, 0.3) is 0 Å². The van der Waals surface area contributed by atoms with E-state index in [4.69, 9.17) is 0 Å². The molecular formula is C13H17NO. The van der Waals surface area contributed by atoms with Gasteiger partial charge in [-0.3, -0.25) is 4.79 Å². The van der Waals surface area contributed by atoms with Crippen LogP contribution in [0.15, 0.2) is 18.2 Å². The summed E-state index contributed by atoms with van der Waals surface area (Å²) in [4.78, 5) is 11.5. The minimum absolute atomic E-state index is 0.0683. The van der Waals surface area contributed by atoms with Gasteiger partial charge in [-0.2, -0.15) is 0 Å². The Bertz CT molecular complexity index is 407. The van der Waals surface area contributed by atoms with Crippen LogP contribution in [-0.4, -0.2) is 5.91 Å². The van der Waals surface area contributed by atoms with Crippen molar-refractivity contribution in [3.05, 3.63) is 34.9 Å². The molecule has 0 saturated carbocycles. The molecule has 1 aromatic rings. The van der Waals surface area contributed by atoms with Crippen molar-refractivity contribution in [2.45, 2.75) is 39.2 Å². The number of nitrogens with one attached hydrogen (secondary N) is 1. The highest BCUT2D eigenvalue weighted by molar-refractivity contribution is 5.98. The molecule has 1 aliphatic rings. The molecule has 1 heterocycles. The van der Waals surface area contributed by atoms with Gasteiger partial charge in [0.05, 0.1) is 0 Å². The fourth-order valence-electron chi connectivity index (χ4n) is 1.84. The summed E-state index contributed by atoms with van der Waals surface area (Å²) in [5.74, 6) is 0.0683. The monoisotopic (exact) mass is 203 g/mol. The summed E-state index contributed by atoms with van der Waals surface area (Å²) in [6.45, 7) is 7.28. The summed E-state index contributed by atoms with van der Waals surface area (Å²) < 4.78 is 0. The Labute approximate surface area is 90.7 Å². The quantitative estimate of drug-likeness (QED) is 0.786. The third-order valence-electron chi connectivity index (χ3n) is 3.46. The maximum absolute atomic E-state index is 11.5. The van der Waals surface area contributed by atoms with Crippen LogP contribution in [0.1, 0.15) is 48.7 Å². The van der Waals surface area contributed by atoms with E-state index < -0.39 is 0 Å². The molecule has 15 heavy (non-hydrogen) atoms. The molecule has 1 amide bonds. The van der Waals surface area contributed by atoms with Gasteiger partial charge in [0.2, 0.25) is 0 Å². The van der Waals surface area contributed by atoms with Gasteiger partial charge in [-0.05, 0) is 29.0 Å². The second-order valence-corrected chi connectivity index (χ2v) is 4.79. The van der Waals surface area contributed by atoms with Gasteiger partial charge in [0.25, 0.3) is 5.91 Å². The van der Waals surface area contributed by atoms with Crippen molar-refractivity contribution in [2.24, 2.45) is 0 Å². The molecular weight excluding hydrogens is 186 g/mol. The van der Waals surface area contributed by atoms with Gasteiger partial charge in [0, 0.05) is 12.1 Å². The maximum Gasteiger partial charge on any atom is 0.251 e. The summed E-state index contributed by atoms with van der Waals surface area (Å²) in [6, 6.07) is 6.25. The third-order valence-corrected chi connectivity index (χ3v) is 3.46. The van der Waals surface area contributed by atoms with Crippen LogP contribution in [0, 0.1) is 0 Å². The summed E-state index contributed by atoms with van der Waals surface area (Å²) in [6.07, 6.45) is 1.08. The standard InChI is InChI=1S/C13H17NO/c1-4-13(2,3)10-6-5-9-8-14-12(15)11(9)7-10/h5-7H,4,8H2,1-3H3,(H,14,15). The minimum atomic E-state index is 0.0683. The summed E-state index contributed by atoms with van der Waals surface area (Å²) in [5.41, 5.74) is 3.38. The highest BCUT2D eigenvalue weighted by Gasteiger charge is 2.23. The van der Waals surface area contributed by atoms with Crippen molar-refractivity contribution >= 4 is 5.91 Å². The van der Waals surface area contributed by atoms with Crippen LogP contribution < -0.4 is 5.32 Å². The van der Waals surface area contributed by atoms with Crippen molar-refractivity contribution in [3.63, 3.8) is 0 Å². The van der Waals surface area contributed by atoms with E-state index in [0.29, 0.717) is 6.54 Å². The lowest BCUT2D eigenvalue weighted by Gasteiger charge is -2.23. The van der Waals surface area contributed by atoms with E-state index >= 15 is 0 Å². The van der Waals surface area contributed by atoms with Gasteiger partial charge in [0.1, 0.15) is 0 Å². The van der Waals surface area contributed by atoms with Gasteiger partial charge in [0.15, 0.2) is 0 Å². The zero-order chi connectivity index (χ0) is 11.1. The molecule has 1 aliphatic heterocycles. The number of fused-ring (bicyclic) bond motifs is 1. The smallest absolute Gasteiger partial charge is 0.251 e. The maximum atomic E-state index is 11.5. The molecule has 0 aliphatic carbocycles.